The summed E-state index contributed by atoms with van der Waals surface area (Å²) in [5.74, 6) is 0.121. The Morgan fingerprint density at radius 1 is 1.22 bits per heavy atom. The number of primary amides is 1. The van der Waals surface area contributed by atoms with Crippen molar-refractivity contribution in [2.24, 2.45) is 5.73 Å². The predicted molar refractivity (Wildman–Crippen MR) is 93.3 cm³/mol. The van der Waals surface area contributed by atoms with Crippen LogP contribution in [0.25, 0.3) is 11.7 Å². The number of furan rings is 1. The Bertz CT molecular complexity index is 908. The summed E-state index contributed by atoms with van der Waals surface area (Å²) in [6.45, 7) is -0.212. The molecule has 2 aromatic heterocycles. The highest BCUT2D eigenvalue weighted by Crippen LogP contribution is 2.21. The molecule has 3 rings (SSSR count). The SMILES string of the molecule is NC(=O)N[C@H](CC(=O)OCc1nnc(-c2ccco2)o1)c1ccc(Cl)cc1. The molecule has 2 amide bonds. The Labute approximate surface area is 158 Å². The van der Waals surface area contributed by atoms with Gasteiger partial charge in [-0.1, -0.05) is 23.7 Å². The Balaban J connectivity index is 1.59. The van der Waals surface area contributed by atoms with Crippen molar-refractivity contribution in [3.05, 3.63) is 59.1 Å². The third kappa shape index (κ3) is 5.08. The molecule has 140 valence electrons. The van der Waals surface area contributed by atoms with Crippen molar-refractivity contribution in [2.75, 3.05) is 0 Å². The molecule has 2 heterocycles. The lowest BCUT2D eigenvalue weighted by Gasteiger charge is -2.17. The second kappa shape index (κ2) is 8.37. The number of carbonyl (C=O) groups excluding carboxylic acids is 2. The zero-order chi connectivity index (χ0) is 19.2. The summed E-state index contributed by atoms with van der Waals surface area (Å²) in [6.07, 6.45) is 1.34. The van der Waals surface area contributed by atoms with Crippen molar-refractivity contribution >= 4 is 23.6 Å². The van der Waals surface area contributed by atoms with Gasteiger partial charge in [-0.2, -0.15) is 0 Å². The molecule has 0 spiro atoms. The zero-order valence-corrected chi connectivity index (χ0v) is 14.7. The molecule has 0 unspecified atom stereocenters. The Kier molecular flexibility index (Phi) is 5.72. The van der Waals surface area contributed by atoms with E-state index in [1.165, 1.54) is 6.26 Å². The number of amides is 2. The fraction of sp³-hybridized carbons (Fsp3) is 0.176. The first kappa shape index (κ1) is 18.5. The maximum absolute atomic E-state index is 12.1. The van der Waals surface area contributed by atoms with Gasteiger partial charge in [0.25, 0.3) is 11.8 Å². The van der Waals surface area contributed by atoms with Crippen LogP contribution in [-0.4, -0.2) is 22.2 Å². The molecule has 0 saturated carbocycles. The summed E-state index contributed by atoms with van der Waals surface area (Å²) < 4.78 is 15.6. The molecule has 0 radical (unpaired) electrons. The van der Waals surface area contributed by atoms with Crippen molar-refractivity contribution < 1.29 is 23.2 Å². The van der Waals surface area contributed by atoms with Crippen LogP contribution in [0.1, 0.15) is 23.9 Å². The minimum absolute atomic E-state index is 0.112. The Morgan fingerprint density at radius 2 is 2.00 bits per heavy atom. The lowest BCUT2D eigenvalue weighted by Crippen LogP contribution is -2.34. The Hall–Kier alpha value is -3.33. The highest BCUT2D eigenvalue weighted by atomic mass is 35.5. The topological polar surface area (TPSA) is 133 Å². The number of urea groups is 1. The van der Waals surface area contributed by atoms with E-state index in [0.717, 1.165) is 0 Å². The summed E-state index contributed by atoms with van der Waals surface area (Å²) in [6, 6.07) is 8.58. The van der Waals surface area contributed by atoms with Gasteiger partial charge in [0.1, 0.15) is 0 Å². The number of hydrogen-bond acceptors (Lipinski definition) is 7. The van der Waals surface area contributed by atoms with Crippen molar-refractivity contribution in [3.63, 3.8) is 0 Å². The van der Waals surface area contributed by atoms with Gasteiger partial charge in [0, 0.05) is 5.02 Å². The molecule has 1 aromatic carbocycles. The molecule has 27 heavy (non-hydrogen) atoms. The maximum atomic E-state index is 12.1. The number of halogens is 1. The van der Waals surface area contributed by atoms with Gasteiger partial charge in [0.05, 0.1) is 18.7 Å². The summed E-state index contributed by atoms with van der Waals surface area (Å²) >= 11 is 5.85. The normalized spacial score (nSPS) is 11.7. The number of hydrogen-bond donors (Lipinski definition) is 2. The van der Waals surface area contributed by atoms with E-state index in [1.807, 2.05) is 0 Å². The molecule has 0 aliphatic rings. The Morgan fingerprint density at radius 3 is 2.67 bits per heavy atom. The van der Waals surface area contributed by atoms with Crippen molar-refractivity contribution in [1.82, 2.24) is 15.5 Å². The number of rotatable bonds is 7. The van der Waals surface area contributed by atoms with Crippen LogP contribution in [0, 0.1) is 0 Å². The van der Waals surface area contributed by atoms with E-state index in [1.54, 1.807) is 36.4 Å². The first-order valence-corrected chi connectivity index (χ1v) is 8.22. The average molecular weight is 391 g/mol. The van der Waals surface area contributed by atoms with Crippen molar-refractivity contribution in [1.29, 1.82) is 0 Å². The highest BCUT2D eigenvalue weighted by Gasteiger charge is 2.19. The van der Waals surface area contributed by atoms with Gasteiger partial charge in [-0.15, -0.1) is 10.2 Å². The van der Waals surface area contributed by atoms with E-state index in [0.29, 0.717) is 16.3 Å². The molecule has 9 nitrogen and oxygen atoms in total. The molecule has 10 heteroatoms. The largest absolute Gasteiger partial charge is 0.459 e. The number of nitrogens with zero attached hydrogens (tertiary/aromatic N) is 2. The first-order valence-electron chi connectivity index (χ1n) is 7.84. The molecular weight excluding hydrogens is 376 g/mol. The number of nitrogens with two attached hydrogens (primary N) is 1. The predicted octanol–water partition coefficient (Wildman–Crippen LogP) is 2.83. The minimum Gasteiger partial charge on any atom is -0.459 e. The number of carbonyl (C=O) groups is 2. The highest BCUT2D eigenvalue weighted by molar-refractivity contribution is 6.30. The van der Waals surface area contributed by atoms with Gasteiger partial charge in [-0.25, -0.2) is 4.79 Å². The lowest BCUT2D eigenvalue weighted by molar-refractivity contribution is -0.146. The smallest absolute Gasteiger partial charge is 0.312 e. The third-order valence-electron chi connectivity index (χ3n) is 3.52. The number of aromatic nitrogens is 2. The van der Waals surface area contributed by atoms with Crippen LogP contribution in [0.15, 0.2) is 51.5 Å². The molecule has 0 saturated heterocycles. The first-order chi connectivity index (χ1) is 13.0. The van der Waals surface area contributed by atoms with E-state index < -0.39 is 18.0 Å². The van der Waals surface area contributed by atoms with Crippen LogP contribution in [0.5, 0.6) is 0 Å². The monoisotopic (exact) mass is 390 g/mol. The number of nitrogens with one attached hydrogen (secondary N) is 1. The molecule has 1 atom stereocenters. The number of esters is 1. The van der Waals surface area contributed by atoms with Crippen LogP contribution in [0.4, 0.5) is 4.79 Å². The molecule has 0 fully saturated rings. The second-order valence-electron chi connectivity index (χ2n) is 5.46. The van der Waals surface area contributed by atoms with Crippen LogP contribution < -0.4 is 11.1 Å². The summed E-state index contributed by atoms with van der Waals surface area (Å²) in [5.41, 5.74) is 5.84. The average Bonchev–Trinajstić information content (AvgIpc) is 3.31. The van der Waals surface area contributed by atoms with Gasteiger partial charge in [-0.3, -0.25) is 4.79 Å². The second-order valence-corrected chi connectivity index (χ2v) is 5.89. The lowest BCUT2D eigenvalue weighted by atomic mass is 10.0. The third-order valence-corrected chi connectivity index (χ3v) is 3.77. The van der Waals surface area contributed by atoms with Crippen LogP contribution in [-0.2, 0) is 16.1 Å². The van der Waals surface area contributed by atoms with E-state index >= 15 is 0 Å². The molecule has 0 bridgehead atoms. The number of benzene rings is 1. The molecule has 0 aliphatic heterocycles. The van der Waals surface area contributed by atoms with Gasteiger partial charge in [-0.05, 0) is 29.8 Å². The van der Waals surface area contributed by atoms with Crippen LogP contribution in [0.3, 0.4) is 0 Å². The van der Waals surface area contributed by atoms with Crippen molar-refractivity contribution in [3.8, 4) is 11.7 Å². The van der Waals surface area contributed by atoms with Crippen LogP contribution in [0.2, 0.25) is 5.02 Å². The maximum Gasteiger partial charge on any atom is 0.312 e. The zero-order valence-electron chi connectivity index (χ0n) is 13.9. The summed E-state index contributed by atoms with van der Waals surface area (Å²) in [4.78, 5) is 23.4. The fourth-order valence-electron chi connectivity index (χ4n) is 2.30. The molecule has 3 N–H and O–H groups in total. The minimum atomic E-state index is -0.761. The van der Waals surface area contributed by atoms with E-state index in [2.05, 4.69) is 15.5 Å². The summed E-state index contributed by atoms with van der Waals surface area (Å²) in [7, 11) is 0. The number of ether oxygens (including phenoxy) is 1. The van der Waals surface area contributed by atoms with Gasteiger partial charge < -0.3 is 24.6 Å². The molecule has 3 aromatic rings. The van der Waals surface area contributed by atoms with Crippen molar-refractivity contribution in [2.45, 2.75) is 19.1 Å². The van der Waals surface area contributed by atoms with E-state index in [-0.39, 0.29) is 24.8 Å². The van der Waals surface area contributed by atoms with E-state index in [9.17, 15) is 9.59 Å². The van der Waals surface area contributed by atoms with Crippen LogP contribution >= 0.6 is 11.6 Å². The van der Waals surface area contributed by atoms with Gasteiger partial charge >= 0.3 is 12.0 Å². The molecular formula is C17H15ClN4O5. The van der Waals surface area contributed by atoms with E-state index in [4.69, 9.17) is 30.9 Å². The van der Waals surface area contributed by atoms with Gasteiger partial charge in [0.2, 0.25) is 0 Å². The summed E-state index contributed by atoms with van der Waals surface area (Å²) in [5, 5.41) is 10.6. The quantitative estimate of drug-likeness (QED) is 0.592. The standard InChI is InChI=1S/C17H15ClN4O5/c18-11-5-3-10(4-6-11)12(20-17(19)24)8-15(23)26-9-14-21-22-16(27-14)13-2-1-7-25-13/h1-7,12H,8-9H2,(H3,19,20,24)/t12-/m1/s1. The van der Waals surface area contributed by atoms with Gasteiger partial charge in [0.15, 0.2) is 12.4 Å². The fourth-order valence-corrected chi connectivity index (χ4v) is 2.42. The molecule has 0 aliphatic carbocycles.